The second-order valence-electron chi connectivity index (χ2n) is 7.42. The molecule has 12 heteroatoms. The van der Waals surface area contributed by atoms with Gasteiger partial charge >= 0.3 is 6.09 Å². The van der Waals surface area contributed by atoms with Gasteiger partial charge in [0.1, 0.15) is 0 Å². The van der Waals surface area contributed by atoms with Crippen molar-refractivity contribution in [2.75, 3.05) is 18.5 Å². The number of rotatable bonds is 10. The molecule has 188 valence electrons. The average molecular weight is 513 g/mol. The number of benzene rings is 2. The Hall–Kier alpha value is -4.29. The van der Waals surface area contributed by atoms with E-state index in [1.165, 1.54) is 36.4 Å². The molecule has 0 saturated heterocycles. The maximum absolute atomic E-state index is 12.6. The van der Waals surface area contributed by atoms with E-state index in [1.54, 1.807) is 0 Å². The molecule has 0 bridgehead atoms. The van der Waals surface area contributed by atoms with Crippen molar-refractivity contribution in [3.8, 4) is 5.88 Å². The summed E-state index contributed by atoms with van der Waals surface area (Å²) in [4.78, 5) is 39.6. The number of aryl methyl sites for hydroxylation is 1. The lowest BCUT2D eigenvalue weighted by molar-refractivity contribution is -0.116. The third-order valence-corrected chi connectivity index (χ3v) is 6.08. The number of hydrogen-bond acceptors (Lipinski definition) is 8. The van der Waals surface area contributed by atoms with Crippen LogP contribution in [0.1, 0.15) is 22.3 Å². The molecule has 11 nitrogen and oxygen atoms in total. The Balaban J connectivity index is 1.54. The quantitative estimate of drug-likeness (QED) is 0.320. The number of amides is 3. The maximum atomic E-state index is 12.6. The number of sulfonamides is 1. The number of anilines is 1. The molecule has 36 heavy (non-hydrogen) atoms. The second-order valence-corrected chi connectivity index (χ2v) is 9.10. The molecule has 0 aliphatic rings. The molecule has 2 aromatic carbocycles. The van der Waals surface area contributed by atoms with Crippen LogP contribution in [0.3, 0.4) is 0 Å². The first kappa shape index (κ1) is 26.3. The molecule has 1 heterocycles. The van der Waals surface area contributed by atoms with Crippen LogP contribution in [0.4, 0.5) is 10.5 Å². The molecular formula is C24H24N4O7S. The van der Waals surface area contributed by atoms with Gasteiger partial charge in [-0.25, -0.2) is 22.9 Å². The highest BCUT2D eigenvalue weighted by molar-refractivity contribution is 7.90. The zero-order valence-electron chi connectivity index (χ0n) is 19.0. The summed E-state index contributed by atoms with van der Waals surface area (Å²) in [5, 5.41) is 13.6. The number of aromatic nitrogens is 1. The minimum atomic E-state index is -4.20. The molecule has 1 aromatic heterocycles. The van der Waals surface area contributed by atoms with Crippen LogP contribution >= 0.6 is 0 Å². The number of nitrogens with zero attached hydrogens (tertiary/aromatic N) is 1. The predicted molar refractivity (Wildman–Crippen MR) is 130 cm³/mol. The van der Waals surface area contributed by atoms with Gasteiger partial charge in [-0.15, -0.1) is 0 Å². The Morgan fingerprint density at radius 1 is 0.944 bits per heavy atom. The fraction of sp³-hybridized carbons (Fsp3) is 0.167. The van der Waals surface area contributed by atoms with Crippen molar-refractivity contribution >= 4 is 33.6 Å². The van der Waals surface area contributed by atoms with Crippen LogP contribution in [0.15, 0.2) is 77.8 Å². The second kappa shape index (κ2) is 12.4. The number of pyridine rings is 1. The molecule has 4 N–H and O–H groups in total. The smallest absolute Gasteiger partial charge is 0.395 e. The van der Waals surface area contributed by atoms with Crippen molar-refractivity contribution in [2.24, 2.45) is 0 Å². The van der Waals surface area contributed by atoms with Crippen molar-refractivity contribution in [1.82, 2.24) is 15.0 Å². The van der Waals surface area contributed by atoms with Gasteiger partial charge in [-0.05, 0) is 42.3 Å². The minimum Gasteiger partial charge on any atom is -0.395 e. The Labute approximate surface area is 207 Å². The number of hydrogen-bond donors (Lipinski definition) is 4. The van der Waals surface area contributed by atoms with E-state index in [4.69, 9.17) is 9.84 Å². The van der Waals surface area contributed by atoms with E-state index < -0.39 is 22.0 Å². The summed E-state index contributed by atoms with van der Waals surface area (Å²) in [5.41, 5.74) is 1.37. The van der Waals surface area contributed by atoms with E-state index >= 15 is 0 Å². The summed E-state index contributed by atoms with van der Waals surface area (Å²) in [7, 11) is -4.20. The molecule has 3 rings (SSSR count). The van der Waals surface area contributed by atoms with Gasteiger partial charge in [0, 0.05) is 30.9 Å². The lowest BCUT2D eigenvalue weighted by Crippen LogP contribution is -2.31. The summed E-state index contributed by atoms with van der Waals surface area (Å²) >= 11 is 0. The topological polar surface area (TPSA) is 164 Å². The third kappa shape index (κ3) is 7.89. The summed E-state index contributed by atoms with van der Waals surface area (Å²) in [6.07, 6.45) is 1.05. The molecule has 0 spiro atoms. The molecule has 0 radical (unpaired) electrons. The molecule has 0 aliphatic carbocycles. The molecule has 0 atom stereocenters. The van der Waals surface area contributed by atoms with Crippen LogP contribution in [-0.2, 0) is 21.2 Å². The number of aliphatic hydroxyl groups is 1. The Morgan fingerprint density at radius 3 is 2.31 bits per heavy atom. The standard InChI is InChI=1S/C24H24N4O7S/c29-15-14-25-24(32)35-22-13-7-18(16-26-22)23(31)28-36(33,34)20-10-8-19(9-11-20)27-21(30)12-6-17-4-2-1-3-5-17/h1-5,7-11,13,16,29H,6,12,14-15H2,(H,25,32)(H,27,30)(H,28,31). The van der Waals surface area contributed by atoms with Gasteiger partial charge in [0.15, 0.2) is 0 Å². The zero-order chi connectivity index (χ0) is 26.0. The number of aliphatic hydroxyl groups excluding tert-OH is 1. The van der Waals surface area contributed by atoms with E-state index in [2.05, 4.69) is 15.6 Å². The van der Waals surface area contributed by atoms with Crippen LogP contribution < -0.4 is 20.1 Å². The maximum Gasteiger partial charge on any atom is 0.414 e. The normalized spacial score (nSPS) is 10.8. The van der Waals surface area contributed by atoms with Gasteiger partial charge in [-0.2, -0.15) is 0 Å². The van der Waals surface area contributed by atoms with E-state index in [0.717, 1.165) is 11.8 Å². The molecule has 3 aromatic rings. The SMILES string of the molecule is O=C(CCc1ccccc1)Nc1ccc(S(=O)(=O)NC(=O)c2ccc(OC(=O)NCCO)nc2)cc1. The number of nitrogens with one attached hydrogen (secondary N) is 3. The van der Waals surface area contributed by atoms with Crippen LogP contribution in [0.2, 0.25) is 0 Å². The van der Waals surface area contributed by atoms with Gasteiger partial charge in [0.25, 0.3) is 15.9 Å². The van der Waals surface area contributed by atoms with E-state index in [-0.39, 0.29) is 41.8 Å². The lowest BCUT2D eigenvalue weighted by atomic mass is 10.1. The van der Waals surface area contributed by atoms with Crippen molar-refractivity contribution in [3.63, 3.8) is 0 Å². The first-order chi connectivity index (χ1) is 17.3. The summed E-state index contributed by atoms with van der Waals surface area (Å²) in [6.45, 7) is -0.263. The Morgan fingerprint density at radius 2 is 1.67 bits per heavy atom. The highest BCUT2D eigenvalue weighted by Gasteiger charge is 2.19. The molecule has 0 unspecified atom stereocenters. The van der Waals surface area contributed by atoms with Crippen molar-refractivity contribution < 1.29 is 32.6 Å². The lowest BCUT2D eigenvalue weighted by Gasteiger charge is -2.09. The van der Waals surface area contributed by atoms with Crippen LogP contribution in [-0.4, -0.2) is 49.6 Å². The summed E-state index contributed by atoms with van der Waals surface area (Å²) in [5.74, 6) is -1.27. The Kier molecular flexibility index (Phi) is 9.08. The van der Waals surface area contributed by atoms with Crippen LogP contribution in [0.25, 0.3) is 0 Å². The van der Waals surface area contributed by atoms with Gasteiger partial charge in [-0.1, -0.05) is 30.3 Å². The van der Waals surface area contributed by atoms with Crippen LogP contribution in [0, 0.1) is 0 Å². The van der Waals surface area contributed by atoms with Crippen molar-refractivity contribution in [1.29, 1.82) is 0 Å². The van der Waals surface area contributed by atoms with Gasteiger partial charge < -0.3 is 20.5 Å². The number of ether oxygens (including phenoxy) is 1. The molecule has 0 saturated carbocycles. The largest absolute Gasteiger partial charge is 0.414 e. The summed E-state index contributed by atoms with van der Waals surface area (Å²) in [6, 6.07) is 17.4. The van der Waals surface area contributed by atoms with Gasteiger partial charge in [-0.3, -0.25) is 9.59 Å². The fourth-order valence-electron chi connectivity index (χ4n) is 2.95. The average Bonchev–Trinajstić information content (AvgIpc) is 2.87. The highest BCUT2D eigenvalue weighted by Crippen LogP contribution is 2.16. The van der Waals surface area contributed by atoms with Crippen molar-refractivity contribution in [3.05, 3.63) is 84.1 Å². The van der Waals surface area contributed by atoms with E-state index in [9.17, 15) is 22.8 Å². The molecule has 3 amide bonds. The van der Waals surface area contributed by atoms with Crippen LogP contribution in [0.5, 0.6) is 5.88 Å². The highest BCUT2D eigenvalue weighted by atomic mass is 32.2. The Bertz CT molecular complexity index is 1300. The van der Waals surface area contributed by atoms with E-state index in [0.29, 0.717) is 12.1 Å². The number of carbonyl (C=O) groups is 3. The van der Waals surface area contributed by atoms with Gasteiger partial charge in [0.05, 0.1) is 17.1 Å². The first-order valence-electron chi connectivity index (χ1n) is 10.8. The molecule has 0 fully saturated rings. The van der Waals surface area contributed by atoms with Gasteiger partial charge in [0.2, 0.25) is 11.8 Å². The monoisotopic (exact) mass is 512 g/mol. The first-order valence-corrected chi connectivity index (χ1v) is 12.3. The summed E-state index contributed by atoms with van der Waals surface area (Å²) < 4.78 is 31.9. The zero-order valence-corrected chi connectivity index (χ0v) is 19.8. The third-order valence-electron chi connectivity index (χ3n) is 4.74. The fourth-order valence-corrected chi connectivity index (χ4v) is 3.92. The molecule has 0 aliphatic heterocycles. The number of carbonyl (C=O) groups excluding carboxylic acids is 3. The van der Waals surface area contributed by atoms with Crippen molar-refractivity contribution in [2.45, 2.75) is 17.7 Å². The predicted octanol–water partition coefficient (Wildman–Crippen LogP) is 1.85. The molecular weight excluding hydrogens is 488 g/mol. The minimum absolute atomic E-state index is 0.00120. The van der Waals surface area contributed by atoms with E-state index in [1.807, 2.05) is 35.1 Å².